The SMILES string of the molecule is CCc1cnc(Cn2c(C)cc3c2CC(C)(C)CC3=O)o1. The van der Waals surface area contributed by atoms with Gasteiger partial charge in [0.15, 0.2) is 5.78 Å². The highest BCUT2D eigenvalue weighted by molar-refractivity contribution is 5.99. The number of Topliss-reactive ketones (excluding diaryl/α,β-unsaturated/α-hetero) is 1. The van der Waals surface area contributed by atoms with Crippen LogP contribution in [0.5, 0.6) is 0 Å². The van der Waals surface area contributed by atoms with Gasteiger partial charge in [-0.1, -0.05) is 20.8 Å². The number of carbonyl (C=O) groups excluding carboxylic acids is 1. The van der Waals surface area contributed by atoms with Crippen LogP contribution in [-0.4, -0.2) is 15.3 Å². The lowest BCUT2D eigenvalue weighted by Crippen LogP contribution is -2.28. The van der Waals surface area contributed by atoms with Gasteiger partial charge in [0, 0.05) is 29.8 Å². The van der Waals surface area contributed by atoms with E-state index in [-0.39, 0.29) is 11.2 Å². The van der Waals surface area contributed by atoms with Crippen LogP contribution in [0, 0.1) is 12.3 Å². The van der Waals surface area contributed by atoms with E-state index in [2.05, 4.69) is 23.4 Å². The Morgan fingerprint density at radius 3 is 2.81 bits per heavy atom. The van der Waals surface area contributed by atoms with Crippen molar-refractivity contribution in [1.82, 2.24) is 9.55 Å². The van der Waals surface area contributed by atoms with Crippen LogP contribution in [-0.2, 0) is 19.4 Å². The summed E-state index contributed by atoms with van der Waals surface area (Å²) in [5, 5.41) is 0. The van der Waals surface area contributed by atoms with Gasteiger partial charge in [0.2, 0.25) is 5.89 Å². The van der Waals surface area contributed by atoms with Gasteiger partial charge in [-0.15, -0.1) is 0 Å². The Balaban J connectivity index is 1.98. The van der Waals surface area contributed by atoms with Crippen molar-refractivity contribution in [3.63, 3.8) is 0 Å². The number of ketones is 1. The fraction of sp³-hybridized carbons (Fsp3) is 0.529. The molecule has 0 saturated carbocycles. The summed E-state index contributed by atoms with van der Waals surface area (Å²) in [6, 6.07) is 2.01. The maximum Gasteiger partial charge on any atom is 0.214 e. The van der Waals surface area contributed by atoms with Gasteiger partial charge in [-0.25, -0.2) is 4.98 Å². The van der Waals surface area contributed by atoms with Crippen LogP contribution in [0.1, 0.15) is 60.6 Å². The molecule has 3 rings (SSSR count). The van der Waals surface area contributed by atoms with E-state index in [1.807, 2.05) is 19.9 Å². The third kappa shape index (κ3) is 2.55. The Bertz CT molecular complexity index is 692. The molecule has 0 unspecified atom stereocenters. The first kappa shape index (κ1) is 14.1. The lowest BCUT2D eigenvalue weighted by molar-refractivity contribution is 0.0910. The Kier molecular flexibility index (Phi) is 3.27. The van der Waals surface area contributed by atoms with Crippen LogP contribution in [0.4, 0.5) is 0 Å². The van der Waals surface area contributed by atoms with Gasteiger partial charge in [0.25, 0.3) is 0 Å². The largest absolute Gasteiger partial charge is 0.444 e. The summed E-state index contributed by atoms with van der Waals surface area (Å²) in [7, 11) is 0. The zero-order valence-electron chi connectivity index (χ0n) is 13.2. The number of nitrogens with zero attached hydrogens (tertiary/aromatic N) is 2. The molecule has 1 aliphatic carbocycles. The fourth-order valence-corrected chi connectivity index (χ4v) is 3.15. The minimum atomic E-state index is 0.0256. The molecule has 0 atom stereocenters. The fourth-order valence-electron chi connectivity index (χ4n) is 3.15. The molecule has 0 spiro atoms. The average Bonchev–Trinajstić information content (AvgIpc) is 2.96. The van der Waals surface area contributed by atoms with Crippen molar-refractivity contribution in [3.8, 4) is 0 Å². The molecule has 0 aliphatic heterocycles. The number of hydrogen-bond acceptors (Lipinski definition) is 3. The number of oxazole rings is 1. The smallest absolute Gasteiger partial charge is 0.214 e. The molecule has 0 bridgehead atoms. The summed E-state index contributed by atoms with van der Waals surface area (Å²) >= 11 is 0. The molecule has 4 nitrogen and oxygen atoms in total. The second kappa shape index (κ2) is 4.86. The summed E-state index contributed by atoms with van der Waals surface area (Å²) in [4.78, 5) is 16.7. The Morgan fingerprint density at radius 2 is 2.14 bits per heavy atom. The summed E-state index contributed by atoms with van der Waals surface area (Å²) < 4.78 is 7.89. The zero-order valence-corrected chi connectivity index (χ0v) is 13.2. The van der Waals surface area contributed by atoms with Crippen molar-refractivity contribution in [3.05, 3.63) is 40.9 Å². The maximum absolute atomic E-state index is 12.3. The number of fused-ring (bicyclic) bond motifs is 1. The molecular weight excluding hydrogens is 264 g/mol. The monoisotopic (exact) mass is 286 g/mol. The zero-order chi connectivity index (χ0) is 15.2. The molecule has 21 heavy (non-hydrogen) atoms. The second-order valence-corrected chi connectivity index (χ2v) is 6.75. The van der Waals surface area contributed by atoms with E-state index < -0.39 is 0 Å². The Morgan fingerprint density at radius 1 is 1.38 bits per heavy atom. The number of hydrogen-bond donors (Lipinski definition) is 0. The van der Waals surface area contributed by atoms with E-state index in [0.29, 0.717) is 18.9 Å². The normalized spacial score (nSPS) is 17.0. The minimum Gasteiger partial charge on any atom is -0.444 e. The molecule has 1 aliphatic rings. The molecule has 112 valence electrons. The molecule has 2 aromatic rings. The van der Waals surface area contributed by atoms with Crippen LogP contribution in [0.15, 0.2) is 16.7 Å². The first-order valence-corrected chi connectivity index (χ1v) is 7.55. The van der Waals surface area contributed by atoms with Crippen LogP contribution in [0.25, 0.3) is 0 Å². The van der Waals surface area contributed by atoms with Crippen molar-refractivity contribution < 1.29 is 9.21 Å². The van der Waals surface area contributed by atoms with Crippen LogP contribution < -0.4 is 0 Å². The summed E-state index contributed by atoms with van der Waals surface area (Å²) in [5.74, 6) is 1.87. The van der Waals surface area contributed by atoms with Crippen LogP contribution in [0.2, 0.25) is 0 Å². The summed E-state index contributed by atoms with van der Waals surface area (Å²) in [6.07, 6.45) is 4.18. The predicted octanol–water partition coefficient (Wildman–Crippen LogP) is 3.55. The lowest BCUT2D eigenvalue weighted by atomic mass is 9.76. The lowest BCUT2D eigenvalue weighted by Gasteiger charge is -2.29. The summed E-state index contributed by atoms with van der Waals surface area (Å²) in [6.45, 7) is 9.00. The van der Waals surface area contributed by atoms with Crippen LogP contribution >= 0.6 is 0 Å². The van der Waals surface area contributed by atoms with Gasteiger partial charge in [0.1, 0.15) is 5.76 Å². The quantitative estimate of drug-likeness (QED) is 0.867. The number of aryl methyl sites for hydroxylation is 2. The molecule has 0 N–H and O–H groups in total. The highest BCUT2D eigenvalue weighted by Gasteiger charge is 2.34. The molecule has 2 heterocycles. The molecule has 2 aromatic heterocycles. The van der Waals surface area contributed by atoms with E-state index >= 15 is 0 Å². The third-order valence-corrected chi connectivity index (χ3v) is 4.24. The second-order valence-electron chi connectivity index (χ2n) is 6.75. The predicted molar refractivity (Wildman–Crippen MR) is 80.6 cm³/mol. The topological polar surface area (TPSA) is 48.0 Å². The standard InChI is InChI=1S/C17H22N2O2/c1-5-12-9-18-16(21-12)10-19-11(2)6-13-14(19)7-17(3,4)8-15(13)20/h6,9H,5,7-8,10H2,1-4H3. The van der Waals surface area contributed by atoms with Crippen molar-refractivity contribution in [2.75, 3.05) is 0 Å². The van der Waals surface area contributed by atoms with Crippen molar-refractivity contribution in [2.24, 2.45) is 5.41 Å². The molecular formula is C17H22N2O2. The molecule has 0 fully saturated rings. The van der Waals surface area contributed by atoms with Gasteiger partial charge in [0.05, 0.1) is 12.7 Å². The van der Waals surface area contributed by atoms with Crippen molar-refractivity contribution in [1.29, 1.82) is 0 Å². The highest BCUT2D eigenvalue weighted by atomic mass is 16.4. The Labute approximate surface area is 125 Å². The van der Waals surface area contributed by atoms with Gasteiger partial charge < -0.3 is 8.98 Å². The molecule has 0 aromatic carbocycles. The minimum absolute atomic E-state index is 0.0256. The summed E-state index contributed by atoms with van der Waals surface area (Å²) in [5.41, 5.74) is 3.14. The number of aromatic nitrogens is 2. The molecule has 0 radical (unpaired) electrons. The van der Waals surface area contributed by atoms with Gasteiger partial charge in [-0.2, -0.15) is 0 Å². The van der Waals surface area contributed by atoms with Gasteiger partial charge in [-0.3, -0.25) is 4.79 Å². The molecule has 0 saturated heterocycles. The Hall–Kier alpha value is -1.84. The van der Waals surface area contributed by atoms with E-state index in [1.165, 1.54) is 0 Å². The maximum atomic E-state index is 12.3. The van der Waals surface area contributed by atoms with E-state index in [9.17, 15) is 4.79 Å². The van der Waals surface area contributed by atoms with Crippen molar-refractivity contribution in [2.45, 2.75) is 53.5 Å². The highest BCUT2D eigenvalue weighted by Crippen LogP contribution is 2.36. The molecule has 4 heteroatoms. The average molecular weight is 286 g/mol. The van der Waals surface area contributed by atoms with E-state index in [1.54, 1.807) is 6.20 Å². The first-order chi connectivity index (χ1) is 9.89. The number of rotatable bonds is 3. The van der Waals surface area contributed by atoms with Gasteiger partial charge in [-0.05, 0) is 24.8 Å². The van der Waals surface area contributed by atoms with Gasteiger partial charge >= 0.3 is 0 Å². The third-order valence-electron chi connectivity index (χ3n) is 4.24. The molecule has 0 amide bonds. The van der Waals surface area contributed by atoms with Crippen molar-refractivity contribution >= 4 is 5.78 Å². The van der Waals surface area contributed by atoms with E-state index in [4.69, 9.17) is 4.42 Å². The van der Waals surface area contributed by atoms with E-state index in [0.717, 1.165) is 35.6 Å². The number of carbonyl (C=O) groups is 1. The van der Waals surface area contributed by atoms with Crippen LogP contribution in [0.3, 0.4) is 0 Å². The first-order valence-electron chi connectivity index (χ1n) is 7.55.